The van der Waals surface area contributed by atoms with Crippen molar-refractivity contribution in [3.8, 4) is 0 Å². The van der Waals surface area contributed by atoms with Crippen molar-refractivity contribution in [2.45, 2.75) is 46.6 Å². The van der Waals surface area contributed by atoms with E-state index in [9.17, 15) is 13.2 Å². The van der Waals surface area contributed by atoms with E-state index in [1.165, 1.54) is 0 Å². The maximum Gasteiger partial charge on any atom is 0.267 e. The van der Waals surface area contributed by atoms with Gasteiger partial charge in [-0.05, 0) is 25.7 Å². The van der Waals surface area contributed by atoms with Crippen LogP contribution in [-0.4, -0.2) is 30.2 Å². The Labute approximate surface area is 109 Å². The highest BCUT2D eigenvalue weighted by molar-refractivity contribution is 7.85. The molecule has 1 unspecified atom stereocenters. The Morgan fingerprint density at radius 3 is 2.00 bits per heavy atom. The van der Waals surface area contributed by atoms with Gasteiger partial charge in [-0.3, -0.25) is 9.35 Å². The minimum Gasteiger partial charge on any atom is -0.346 e. The van der Waals surface area contributed by atoms with Crippen LogP contribution in [0.3, 0.4) is 0 Å². The molecular weight excluding hydrogens is 254 g/mol. The molecular formula is C12H23NO4S. The molecule has 1 atom stereocenters. The van der Waals surface area contributed by atoms with Crippen LogP contribution in [0, 0.1) is 5.41 Å². The van der Waals surface area contributed by atoms with Crippen LogP contribution >= 0.6 is 0 Å². The Balaban J connectivity index is 5.16. The van der Waals surface area contributed by atoms with E-state index in [0.717, 1.165) is 0 Å². The zero-order valence-corrected chi connectivity index (χ0v) is 12.5. The molecule has 0 aromatic rings. The Kier molecular flexibility index (Phi) is 5.14. The second-order valence-electron chi connectivity index (χ2n) is 6.26. The van der Waals surface area contributed by atoms with Gasteiger partial charge in [-0.15, -0.1) is 0 Å². The highest BCUT2D eigenvalue weighted by atomic mass is 32.2. The third kappa shape index (κ3) is 7.45. The fourth-order valence-corrected chi connectivity index (χ4v) is 3.06. The first-order valence-electron chi connectivity index (χ1n) is 5.67. The lowest BCUT2D eigenvalue weighted by Crippen LogP contribution is -2.52. The Bertz CT molecular complexity index is 433. The first-order chi connectivity index (χ1) is 7.74. The van der Waals surface area contributed by atoms with Gasteiger partial charge in [-0.1, -0.05) is 27.4 Å². The highest BCUT2D eigenvalue weighted by Gasteiger charge is 2.35. The van der Waals surface area contributed by atoms with Crippen LogP contribution in [0.2, 0.25) is 0 Å². The van der Waals surface area contributed by atoms with E-state index in [2.05, 4.69) is 11.9 Å². The van der Waals surface area contributed by atoms with Gasteiger partial charge in [0.05, 0.1) is 11.3 Å². The largest absolute Gasteiger partial charge is 0.346 e. The van der Waals surface area contributed by atoms with Crippen molar-refractivity contribution >= 4 is 16.0 Å². The summed E-state index contributed by atoms with van der Waals surface area (Å²) in [6.45, 7) is 12.5. The van der Waals surface area contributed by atoms with Gasteiger partial charge in [0.2, 0.25) is 5.91 Å². The molecule has 6 heteroatoms. The zero-order valence-electron chi connectivity index (χ0n) is 11.7. The van der Waals surface area contributed by atoms with E-state index < -0.39 is 27.3 Å². The molecule has 0 aromatic carbocycles. The SMILES string of the molecule is C=C(C)C(=O)NC(C)(CC(C)(C)C)CS(=O)(=O)O. The van der Waals surface area contributed by atoms with Gasteiger partial charge in [0, 0.05) is 5.57 Å². The van der Waals surface area contributed by atoms with E-state index >= 15 is 0 Å². The van der Waals surface area contributed by atoms with Gasteiger partial charge in [0.25, 0.3) is 10.1 Å². The van der Waals surface area contributed by atoms with Crippen LogP contribution in [-0.2, 0) is 14.9 Å². The van der Waals surface area contributed by atoms with Gasteiger partial charge >= 0.3 is 0 Å². The van der Waals surface area contributed by atoms with E-state index in [-0.39, 0.29) is 5.41 Å². The molecule has 5 nitrogen and oxygen atoms in total. The maximum absolute atomic E-state index is 11.6. The summed E-state index contributed by atoms with van der Waals surface area (Å²) in [5.41, 5.74) is -0.922. The number of hydrogen-bond donors (Lipinski definition) is 2. The molecule has 0 aliphatic rings. The summed E-state index contributed by atoms with van der Waals surface area (Å²) in [7, 11) is -4.17. The summed E-state index contributed by atoms with van der Waals surface area (Å²) in [4.78, 5) is 11.6. The Hall–Kier alpha value is -0.880. The van der Waals surface area contributed by atoms with Crippen LogP contribution in [0.4, 0.5) is 0 Å². The summed E-state index contributed by atoms with van der Waals surface area (Å²) in [6, 6.07) is 0. The second-order valence-corrected chi connectivity index (χ2v) is 7.71. The number of amides is 1. The molecule has 0 heterocycles. The molecule has 0 aromatic heterocycles. The summed E-state index contributed by atoms with van der Waals surface area (Å²) >= 11 is 0. The normalized spacial score (nSPS) is 15.9. The Morgan fingerprint density at radius 1 is 1.28 bits per heavy atom. The topological polar surface area (TPSA) is 83.5 Å². The summed E-state index contributed by atoms with van der Waals surface area (Å²) in [5, 5.41) is 2.63. The van der Waals surface area contributed by atoms with Crippen LogP contribution in [0.5, 0.6) is 0 Å². The Morgan fingerprint density at radius 2 is 1.72 bits per heavy atom. The second kappa shape index (κ2) is 5.40. The molecule has 0 aliphatic carbocycles. The van der Waals surface area contributed by atoms with Gasteiger partial charge in [-0.25, -0.2) is 0 Å². The smallest absolute Gasteiger partial charge is 0.267 e. The minimum absolute atomic E-state index is 0.193. The highest BCUT2D eigenvalue weighted by Crippen LogP contribution is 2.28. The standard InChI is InChI=1S/C12H23NO4S/c1-9(2)10(14)13-12(6,7-11(3,4)5)8-18(15,16)17/h1,7-8H2,2-6H3,(H,13,14)(H,15,16,17). The molecule has 0 aliphatic heterocycles. The first-order valence-corrected chi connectivity index (χ1v) is 7.28. The van der Waals surface area contributed by atoms with E-state index in [0.29, 0.717) is 12.0 Å². The van der Waals surface area contributed by atoms with Crippen LogP contribution in [0.25, 0.3) is 0 Å². The summed E-state index contributed by atoms with van der Waals surface area (Å²) < 4.78 is 31.1. The fourth-order valence-electron chi connectivity index (χ4n) is 2.09. The number of nitrogens with one attached hydrogen (secondary N) is 1. The van der Waals surface area contributed by atoms with Gasteiger partial charge in [-0.2, -0.15) is 8.42 Å². The van der Waals surface area contributed by atoms with Crippen molar-refractivity contribution in [2.75, 3.05) is 5.75 Å². The van der Waals surface area contributed by atoms with Gasteiger partial charge in [0.15, 0.2) is 0 Å². The number of hydrogen-bond acceptors (Lipinski definition) is 3. The van der Waals surface area contributed by atoms with Gasteiger partial charge in [0.1, 0.15) is 0 Å². The molecule has 0 rings (SSSR count). The summed E-state index contributed by atoms with van der Waals surface area (Å²) in [5.74, 6) is -0.929. The average molecular weight is 277 g/mol. The summed E-state index contributed by atoms with van der Waals surface area (Å²) in [6.07, 6.45) is 0.415. The zero-order chi connectivity index (χ0) is 14.8. The van der Waals surface area contributed by atoms with E-state index in [1.54, 1.807) is 13.8 Å². The molecule has 106 valence electrons. The minimum atomic E-state index is -4.17. The molecule has 0 fully saturated rings. The van der Waals surface area contributed by atoms with Crippen molar-refractivity contribution in [1.29, 1.82) is 0 Å². The molecule has 0 bridgehead atoms. The molecule has 0 spiro atoms. The number of carbonyl (C=O) groups is 1. The fraction of sp³-hybridized carbons (Fsp3) is 0.750. The molecule has 2 N–H and O–H groups in total. The molecule has 0 saturated carbocycles. The lowest BCUT2D eigenvalue weighted by Gasteiger charge is -2.35. The van der Waals surface area contributed by atoms with Crippen molar-refractivity contribution < 1.29 is 17.8 Å². The quantitative estimate of drug-likeness (QED) is 0.592. The van der Waals surface area contributed by atoms with E-state index in [4.69, 9.17) is 4.55 Å². The lowest BCUT2D eigenvalue weighted by atomic mass is 9.81. The van der Waals surface area contributed by atoms with Crippen molar-refractivity contribution in [3.05, 3.63) is 12.2 Å². The van der Waals surface area contributed by atoms with Crippen LogP contribution in [0.15, 0.2) is 12.2 Å². The predicted molar refractivity (Wildman–Crippen MR) is 71.8 cm³/mol. The number of rotatable bonds is 5. The van der Waals surface area contributed by atoms with Crippen molar-refractivity contribution in [1.82, 2.24) is 5.32 Å². The lowest BCUT2D eigenvalue weighted by molar-refractivity contribution is -0.119. The average Bonchev–Trinajstić information content (AvgIpc) is 1.93. The van der Waals surface area contributed by atoms with Crippen molar-refractivity contribution in [3.63, 3.8) is 0 Å². The maximum atomic E-state index is 11.6. The first kappa shape index (κ1) is 17.1. The van der Waals surface area contributed by atoms with Crippen LogP contribution < -0.4 is 5.32 Å². The molecule has 18 heavy (non-hydrogen) atoms. The molecule has 0 radical (unpaired) electrons. The van der Waals surface area contributed by atoms with Crippen LogP contribution in [0.1, 0.15) is 41.0 Å². The van der Waals surface area contributed by atoms with Gasteiger partial charge < -0.3 is 5.32 Å². The molecule has 0 saturated heterocycles. The molecule has 1 amide bonds. The monoisotopic (exact) mass is 277 g/mol. The third-order valence-corrected chi connectivity index (χ3v) is 3.23. The number of carbonyl (C=O) groups excluding carboxylic acids is 1. The van der Waals surface area contributed by atoms with E-state index in [1.807, 2.05) is 20.8 Å². The van der Waals surface area contributed by atoms with Crippen molar-refractivity contribution in [2.24, 2.45) is 5.41 Å². The predicted octanol–water partition coefficient (Wildman–Crippen LogP) is 1.76. The third-order valence-electron chi connectivity index (χ3n) is 2.22.